The van der Waals surface area contributed by atoms with Gasteiger partial charge in [0.2, 0.25) is 0 Å². The fourth-order valence-electron chi connectivity index (χ4n) is 6.81. The Kier molecular flexibility index (Phi) is 7.59. The Balaban J connectivity index is 0.000000196. The molecule has 0 saturated carbocycles. The second-order valence-electron chi connectivity index (χ2n) is 15.5. The van der Waals surface area contributed by atoms with Gasteiger partial charge < -0.3 is 4.98 Å². The Morgan fingerprint density at radius 2 is 1.59 bits per heavy atom. The molecule has 9 rings (SSSR count). The van der Waals surface area contributed by atoms with Gasteiger partial charge in [0.15, 0.2) is 0 Å². The molecule has 0 amide bonds. The van der Waals surface area contributed by atoms with Crippen LogP contribution < -0.4 is 4.40 Å². The molecular weight excluding hydrogens is 934 g/mol. The average Bonchev–Trinajstić information content (AvgIpc) is 3.79. The molecule has 0 atom stereocenters. The van der Waals surface area contributed by atoms with E-state index in [2.05, 4.69) is 64.7 Å². The number of benzene rings is 4. The Morgan fingerprint density at radius 1 is 0.796 bits per heavy atom. The van der Waals surface area contributed by atoms with E-state index in [1.54, 1.807) is 23.5 Å². The molecule has 1 aliphatic carbocycles. The summed E-state index contributed by atoms with van der Waals surface area (Å²) in [6, 6.07) is 28.7. The number of pyridine rings is 2. The smallest absolute Gasteiger partial charge is 0 e. The number of hydrogen-bond donors (Lipinski definition) is 0. The number of hydrogen-bond acceptors (Lipinski definition) is 4. The molecule has 1 aliphatic rings. The zero-order valence-corrected chi connectivity index (χ0v) is 37.2. The maximum Gasteiger partial charge on any atom is 0 e. The number of nitrogens with zero attached hydrogens (tertiary/aromatic N) is 2. The summed E-state index contributed by atoms with van der Waals surface area (Å²) in [6.45, 7) is 1.18. The zero-order valence-electron chi connectivity index (χ0n) is 43.0. The average molecular weight is 994 g/mol. The van der Waals surface area contributed by atoms with Gasteiger partial charge in [0.25, 0.3) is 0 Å². The van der Waals surface area contributed by atoms with Crippen LogP contribution in [0.2, 0.25) is 17.3 Å². The minimum Gasteiger partial charge on any atom is 0 e. The van der Waals surface area contributed by atoms with Crippen LogP contribution in [0.5, 0.6) is 0 Å². The maximum atomic E-state index is 8.97. The van der Waals surface area contributed by atoms with E-state index >= 15 is 0 Å². The van der Waals surface area contributed by atoms with Crippen molar-refractivity contribution in [1.82, 2.24) is 9.97 Å². The molecule has 4 aromatic heterocycles. The summed E-state index contributed by atoms with van der Waals surface area (Å²) in [5, 5.41) is 3.54. The van der Waals surface area contributed by atoms with Gasteiger partial charge in [-0.05, 0) is 65.4 Å². The Labute approximate surface area is 362 Å². The van der Waals surface area contributed by atoms with Gasteiger partial charge in [-0.3, -0.25) is 0 Å². The summed E-state index contributed by atoms with van der Waals surface area (Å²) in [5.41, 5.74) is 3.52. The van der Waals surface area contributed by atoms with Gasteiger partial charge in [-0.25, -0.2) is 0 Å². The van der Waals surface area contributed by atoms with Crippen LogP contribution in [0.3, 0.4) is 0 Å². The molecule has 0 bridgehead atoms. The maximum absolute atomic E-state index is 8.97. The van der Waals surface area contributed by atoms with E-state index in [1.807, 2.05) is 39.1 Å². The molecule has 277 valence electrons. The summed E-state index contributed by atoms with van der Waals surface area (Å²) >= 11 is 0.699. The van der Waals surface area contributed by atoms with E-state index < -0.39 is 51.5 Å². The standard InChI is InChI=1S/C25H28GeNS.C23H20NS.Ir/c1-25(2,3)15-18-14-22(27-16-21(18)26(4,5)6)17-11-12-24-20(13-17)19-9-7-8-10-23(19)28-24;1-14-7-9-19-21(11-14)25-23-18(10-8-15(2)22(19)23)20-12-16-5-3-4-6-17(16)13-24-20;/h7-10,12-14,16H,15H2,1-6H3;7-9,11-13H,3-6H2,1-2H3;/q2*-1;/i15D2;1D3,2D3,5D2,6D2;. The minimum absolute atomic E-state index is 0. The van der Waals surface area contributed by atoms with Crippen molar-refractivity contribution in [3.63, 3.8) is 0 Å². The van der Waals surface area contributed by atoms with Gasteiger partial charge in [-0.2, -0.15) is 11.3 Å². The van der Waals surface area contributed by atoms with Crippen molar-refractivity contribution >= 4 is 80.7 Å². The molecule has 0 unspecified atom stereocenters. The van der Waals surface area contributed by atoms with Gasteiger partial charge in [0.1, 0.15) is 0 Å². The Morgan fingerprint density at radius 3 is 2.37 bits per heavy atom. The molecule has 0 saturated heterocycles. The molecule has 0 N–H and O–H groups in total. The first-order valence-electron chi connectivity index (χ1n) is 23.8. The van der Waals surface area contributed by atoms with Crippen molar-refractivity contribution in [2.24, 2.45) is 5.41 Å². The first-order chi connectivity index (χ1) is 30.0. The first-order valence-corrected chi connectivity index (χ1v) is 26.7. The van der Waals surface area contributed by atoms with E-state index in [0.29, 0.717) is 31.4 Å². The quantitative estimate of drug-likeness (QED) is 0.130. The molecule has 4 heterocycles. The van der Waals surface area contributed by atoms with Crippen LogP contribution in [0.1, 0.15) is 77.9 Å². The van der Waals surface area contributed by atoms with E-state index in [-0.39, 0.29) is 55.2 Å². The van der Waals surface area contributed by atoms with Crippen LogP contribution in [0.15, 0.2) is 85.2 Å². The fraction of sp³-hybridized carbons (Fsp3) is 0.292. The van der Waals surface area contributed by atoms with Crippen LogP contribution in [0.25, 0.3) is 62.9 Å². The molecule has 6 heteroatoms. The molecule has 8 aromatic rings. The van der Waals surface area contributed by atoms with Crippen molar-refractivity contribution in [2.75, 3.05) is 0 Å². The number of thiophene rings is 2. The number of aromatic nitrogens is 2. The molecule has 1 radical (unpaired) electrons. The van der Waals surface area contributed by atoms with E-state index in [0.717, 1.165) is 21.2 Å². The van der Waals surface area contributed by atoms with E-state index in [1.165, 1.54) is 55.9 Å². The second kappa shape index (κ2) is 15.4. The largest absolute Gasteiger partial charge is 0 e. The monoisotopic (exact) mass is 995 g/mol. The van der Waals surface area contributed by atoms with Crippen LogP contribution >= 0.6 is 22.7 Å². The van der Waals surface area contributed by atoms with Gasteiger partial charge in [0, 0.05) is 44.7 Å². The summed E-state index contributed by atoms with van der Waals surface area (Å²) in [6.07, 6.45) is -1.48. The van der Waals surface area contributed by atoms with Crippen LogP contribution in [-0.4, -0.2) is 23.2 Å². The fourth-order valence-corrected chi connectivity index (χ4v) is 12.1. The third-order valence-corrected chi connectivity index (χ3v) is 15.8. The SMILES string of the molecule is [2H]C([2H])([2H])c1ccc2c(c1)sc1c(-c3cc4c(cn3)C([2H])([2H])CCC4([2H])[2H])[c-]cc(C([2H])([2H])[2H])c12.[2H]C([2H])(c1cc(-c2[c-]cc3sc4ccccc4c3c2)nc[c]1[Ge]([CH3])([CH3])[CH3])C(C)(C)C.[Ir]. The predicted molar refractivity (Wildman–Crippen MR) is 235 cm³/mol. The van der Waals surface area contributed by atoms with Crippen molar-refractivity contribution in [2.45, 2.75) is 83.7 Å². The number of fused-ring (bicyclic) bond motifs is 7. The number of rotatable bonds is 4. The Bertz CT molecular complexity index is 3160. The zero-order chi connectivity index (χ0) is 47.4. The van der Waals surface area contributed by atoms with Crippen molar-refractivity contribution in [3.8, 4) is 22.5 Å². The summed E-state index contributed by atoms with van der Waals surface area (Å²) < 4.78 is 103. The first kappa shape index (κ1) is 26.6. The third kappa shape index (κ3) is 7.90. The Hall–Kier alpha value is -3.19. The molecular formula is C48H48GeIrN2S2-2. The van der Waals surface area contributed by atoms with E-state index in [9.17, 15) is 0 Å². The van der Waals surface area contributed by atoms with Gasteiger partial charge in [0.05, 0.1) is 0 Å². The topological polar surface area (TPSA) is 25.8 Å². The second-order valence-corrected chi connectivity index (χ2v) is 28.2. The predicted octanol–water partition coefficient (Wildman–Crippen LogP) is 13.5. The van der Waals surface area contributed by atoms with Crippen LogP contribution in [-0.2, 0) is 39.2 Å². The summed E-state index contributed by atoms with van der Waals surface area (Å²) in [5.74, 6) is 6.90. The number of aryl methyl sites for hydroxylation is 4. The summed E-state index contributed by atoms with van der Waals surface area (Å²) in [7, 11) is 0. The van der Waals surface area contributed by atoms with Gasteiger partial charge in [-0.1, -0.05) is 36.0 Å². The molecule has 0 fully saturated rings. The van der Waals surface area contributed by atoms with E-state index in [4.69, 9.17) is 21.4 Å². The van der Waals surface area contributed by atoms with Gasteiger partial charge >= 0.3 is 178 Å². The molecule has 0 aliphatic heterocycles. The van der Waals surface area contributed by atoms with Crippen molar-refractivity contribution in [3.05, 3.63) is 125 Å². The van der Waals surface area contributed by atoms with Gasteiger partial charge in [-0.15, -0.1) is 23.3 Å². The molecule has 0 spiro atoms. The third-order valence-electron chi connectivity index (χ3n) is 9.27. The molecule has 54 heavy (non-hydrogen) atoms. The normalized spacial score (nSPS) is 19.1. The molecule has 2 nitrogen and oxygen atoms in total. The molecule has 4 aromatic carbocycles. The minimum atomic E-state index is -2.43. The van der Waals surface area contributed by atoms with Crippen LogP contribution in [0, 0.1) is 31.3 Å². The van der Waals surface area contributed by atoms with Crippen molar-refractivity contribution < 1.29 is 36.6 Å². The van der Waals surface area contributed by atoms with Crippen LogP contribution in [0.4, 0.5) is 0 Å². The van der Waals surface area contributed by atoms with Crippen molar-refractivity contribution in [1.29, 1.82) is 0 Å². The summed E-state index contributed by atoms with van der Waals surface area (Å²) in [4.78, 5) is 9.23.